The maximum absolute atomic E-state index is 12.5. The molecule has 140 valence electrons. The lowest BCUT2D eigenvalue weighted by molar-refractivity contribution is 0.190. The van der Waals surface area contributed by atoms with Crippen molar-refractivity contribution in [2.45, 2.75) is 26.6 Å². The summed E-state index contributed by atoms with van der Waals surface area (Å²) in [6.45, 7) is 3.98. The standard InChI is InChI=1S/C20H22ClN5O/c1-2-23-20(27)26(14-17-6-4-8-22-12-17)15-19-24-9-10-25(19)13-16-5-3-7-18(21)11-16/h3-12H,2,13-15H2,1H3,(H,23,27). The molecule has 0 saturated heterocycles. The quantitative estimate of drug-likeness (QED) is 0.676. The van der Waals surface area contributed by atoms with Gasteiger partial charge in [-0.15, -0.1) is 0 Å². The molecule has 0 atom stereocenters. The number of aromatic nitrogens is 3. The molecule has 7 heteroatoms. The van der Waals surface area contributed by atoms with Gasteiger partial charge in [0, 0.05) is 49.4 Å². The number of carbonyl (C=O) groups is 1. The van der Waals surface area contributed by atoms with Gasteiger partial charge in [0.2, 0.25) is 0 Å². The average Bonchev–Trinajstić information content (AvgIpc) is 3.09. The molecule has 0 spiro atoms. The first kappa shape index (κ1) is 18.9. The van der Waals surface area contributed by atoms with Crippen LogP contribution < -0.4 is 5.32 Å². The second-order valence-electron chi connectivity index (χ2n) is 6.15. The Kier molecular flexibility index (Phi) is 6.44. The first-order valence-electron chi connectivity index (χ1n) is 8.82. The molecule has 0 radical (unpaired) electrons. The van der Waals surface area contributed by atoms with Gasteiger partial charge in [-0.2, -0.15) is 0 Å². The Hall–Kier alpha value is -2.86. The van der Waals surface area contributed by atoms with Crippen molar-refractivity contribution in [1.82, 2.24) is 24.8 Å². The van der Waals surface area contributed by atoms with Gasteiger partial charge in [0.25, 0.3) is 0 Å². The summed E-state index contributed by atoms with van der Waals surface area (Å²) in [5.41, 5.74) is 2.05. The Morgan fingerprint density at radius 2 is 2.04 bits per heavy atom. The van der Waals surface area contributed by atoms with Gasteiger partial charge in [-0.25, -0.2) is 9.78 Å². The van der Waals surface area contributed by atoms with Crippen LogP contribution in [0.4, 0.5) is 4.79 Å². The van der Waals surface area contributed by atoms with E-state index >= 15 is 0 Å². The van der Waals surface area contributed by atoms with Crippen LogP contribution in [-0.4, -0.2) is 32.0 Å². The van der Waals surface area contributed by atoms with E-state index in [4.69, 9.17) is 11.6 Å². The SMILES string of the molecule is CCNC(=O)N(Cc1cccnc1)Cc1nccn1Cc1cccc(Cl)c1. The van der Waals surface area contributed by atoms with Gasteiger partial charge < -0.3 is 14.8 Å². The number of pyridine rings is 1. The van der Waals surface area contributed by atoms with E-state index in [-0.39, 0.29) is 6.03 Å². The zero-order chi connectivity index (χ0) is 19.1. The zero-order valence-electron chi connectivity index (χ0n) is 15.2. The number of imidazole rings is 1. The van der Waals surface area contributed by atoms with E-state index in [1.54, 1.807) is 23.5 Å². The minimum absolute atomic E-state index is 0.126. The Morgan fingerprint density at radius 3 is 2.78 bits per heavy atom. The van der Waals surface area contributed by atoms with Crippen molar-refractivity contribution in [2.75, 3.05) is 6.54 Å². The largest absolute Gasteiger partial charge is 0.338 e. The molecule has 6 nitrogen and oxygen atoms in total. The number of rotatable bonds is 7. The van der Waals surface area contributed by atoms with Crippen LogP contribution in [-0.2, 0) is 19.6 Å². The fourth-order valence-corrected chi connectivity index (χ4v) is 3.03. The molecule has 0 fully saturated rings. The van der Waals surface area contributed by atoms with E-state index in [1.165, 1.54) is 0 Å². The number of carbonyl (C=O) groups excluding carboxylic acids is 1. The van der Waals surface area contributed by atoms with E-state index in [1.807, 2.05) is 54.1 Å². The molecular formula is C20H22ClN5O. The minimum Gasteiger partial charge on any atom is -0.338 e. The molecular weight excluding hydrogens is 362 g/mol. The number of hydrogen-bond donors (Lipinski definition) is 1. The van der Waals surface area contributed by atoms with Gasteiger partial charge in [0.15, 0.2) is 0 Å². The second kappa shape index (κ2) is 9.19. The molecule has 1 aromatic carbocycles. The van der Waals surface area contributed by atoms with Crippen LogP contribution in [0.15, 0.2) is 61.2 Å². The molecule has 2 amide bonds. The molecule has 1 N–H and O–H groups in total. The molecule has 0 aliphatic heterocycles. The highest BCUT2D eigenvalue weighted by atomic mass is 35.5. The van der Waals surface area contributed by atoms with Crippen molar-refractivity contribution in [2.24, 2.45) is 0 Å². The Bertz CT molecular complexity index is 881. The van der Waals surface area contributed by atoms with E-state index in [0.717, 1.165) is 17.0 Å². The van der Waals surface area contributed by atoms with E-state index < -0.39 is 0 Å². The first-order chi connectivity index (χ1) is 13.2. The van der Waals surface area contributed by atoms with Crippen LogP contribution in [0.2, 0.25) is 5.02 Å². The Morgan fingerprint density at radius 1 is 1.19 bits per heavy atom. The molecule has 0 bridgehead atoms. The first-order valence-corrected chi connectivity index (χ1v) is 9.19. The van der Waals surface area contributed by atoms with Crippen molar-refractivity contribution in [1.29, 1.82) is 0 Å². The summed E-state index contributed by atoms with van der Waals surface area (Å²) >= 11 is 6.08. The number of halogens is 1. The van der Waals surface area contributed by atoms with Crippen LogP contribution in [0.25, 0.3) is 0 Å². The molecule has 3 rings (SSSR count). The van der Waals surface area contributed by atoms with Crippen molar-refractivity contribution >= 4 is 17.6 Å². The number of nitrogens with zero attached hydrogens (tertiary/aromatic N) is 4. The number of urea groups is 1. The fraction of sp³-hybridized carbons (Fsp3) is 0.250. The molecule has 2 aromatic heterocycles. The van der Waals surface area contributed by atoms with Crippen molar-refractivity contribution < 1.29 is 4.79 Å². The molecule has 0 saturated carbocycles. The number of amides is 2. The third-order valence-electron chi connectivity index (χ3n) is 4.09. The van der Waals surface area contributed by atoms with E-state index in [0.29, 0.717) is 31.2 Å². The van der Waals surface area contributed by atoms with Gasteiger partial charge in [-0.05, 0) is 36.2 Å². The Labute approximate surface area is 163 Å². The predicted octanol–water partition coefficient (Wildman–Crippen LogP) is 3.71. The maximum atomic E-state index is 12.5. The van der Waals surface area contributed by atoms with Gasteiger partial charge in [0.1, 0.15) is 5.82 Å². The molecule has 0 unspecified atom stereocenters. The maximum Gasteiger partial charge on any atom is 0.318 e. The summed E-state index contributed by atoms with van der Waals surface area (Å²) < 4.78 is 2.03. The molecule has 2 heterocycles. The van der Waals surface area contributed by atoms with Crippen LogP contribution >= 0.6 is 11.6 Å². The highest BCUT2D eigenvalue weighted by Crippen LogP contribution is 2.14. The lowest BCUT2D eigenvalue weighted by Gasteiger charge is -2.23. The topological polar surface area (TPSA) is 63.1 Å². The smallest absolute Gasteiger partial charge is 0.318 e. The van der Waals surface area contributed by atoms with Crippen LogP contribution in [0.1, 0.15) is 23.9 Å². The summed E-state index contributed by atoms with van der Waals surface area (Å²) in [4.78, 5) is 22.8. The monoisotopic (exact) mass is 383 g/mol. The summed E-state index contributed by atoms with van der Waals surface area (Å²) in [5.74, 6) is 0.810. The lowest BCUT2D eigenvalue weighted by atomic mass is 10.2. The summed E-state index contributed by atoms with van der Waals surface area (Å²) in [7, 11) is 0. The highest BCUT2D eigenvalue weighted by Gasteiger charge is 2.17. The fourth-order valence-electron chi connectivity index (χ4n) is 2.81. The van der Waals surface area contributed by atoms with Crippen molar-refractivity contribution in [3.63, 3.8) is 0 Å². The lowest BCUT2D eigenvalue weighted by Crippen LogP contribution is -2.39. The van der Waals surface area contributed by atoms with Crippen LogP contribution in [0.5, 0.6) is 0 Å². The van der Waals surface area contributed by atoms with Gasteiger partial charge in [-0.1, -0.05) is 29.8 Å². The number of benzene rings is 1. The molecule has 3 aromatic rings. The normalized spacial score (nSPS) is 10.6. The van der Waals surface area contributed by atoms with Gasteiger partial charge in [0.05, 0.1) is 6.54 Å². The predicted molar refractivity (Wildman–Crippen MR) is 105 cm³/mol. The van der Waals surface area contributed by atoms with Crippen LogP contribution in [0, 0.1) is 0 Å². The third-order valence-corrected chi connectivity index (χ3v) is 4.32. The van der Waals surface area contributed by atoms with Crippen molar-refractivity contribution in [3.8, 4) is 0 Å². The molecule has 27 heavy (non-hydrogen) atoms. The zero-order valence-corrected chi connectivity index (χ0v) is 15.9. The third kappa shape index (κ3) is 5.31. The highest BCUT2D eigenvalue weighted by molar-refractivity contribution is 6.30. The van der Waals surface area contributed by atoms with Crippen LogP contribution in [0.3, 0.4) is 0 Å². The second-order valence-corrected chi connectivity index (χ2v) is 6.59. The molecule has 0 aliphatic carbocycles. The summed E-state index contributed by atoms with van der Waals surface area (Å²) in [6, 6.07) is 11.4. The average molecular weight is 384 g/mol. The van der Waals surface area contributed by atoms with Gasteiger partial charge in [-0.3, -0.25) is 4.98 Å². The minimum atomic E-state index is -0.126. The number of nitrogens with one attached hydrogen (secondary N) is 1. The van der Waals surface area contributed by atoms with Gasteiger partial charge >= 0.3 is 6.03 Å². The summed E-state index contributed by atoms with van der Waals surface area (Å²) in [6.07, 6.45) is 7.15. The molecule has 0 aliphatic rings. The van der Waals surface area contributed by atoms with E-state index in [9.17, 15) is 4.79 Å². The van der Waals surface area contributed by atoms with E-state index in [2.05, 4.69) is 15.3 Å². The summed E-state index contributed by atoms with van der Waals surface area (Å²) in [5, 5.41) is 3.57. The van der Waals surface area contributed by atoms with Crippen molar-refractivity contribution in [3.05, 3.63) is 83.2 Å². The Balaban J connectivity index is 1.77. The number of hydrogen-bond acceptors (Lipinski definition) is 3.